The summed E-state index contributed by atoms with van der Waals surface area (Å²) >= 11 is 0. The molecule has 0 amide bonds. The minimum atomic E-state index is -2.83. The third kappa shape index (κ3) is 12.5. The van der Waals surface area contributed by atoms with Gasteiger partial charge in [-0.25, -0.2) is 0 Å². The Balaban J connectivity index is 0. The van der Waals surface area contributed by atoms with E-state index in [-0.39, 0.29) is 24.0 Å². The van der Waals surface area contributed by atoms with Gasteiger partial charge in [-0.05, 0) is 37.5 Å². The minimum Gasteiger partial charge on any atom is -1.00 e. The van der Waals surface area contributed by atoms with Crippen molar-refractivity contribution in [2.45, 2.75) is 59.3 Å². The van der Waals surface area contributed by atoms with Crippen molar-refractivity contribution in [3.05, 3.63) is 38.0 Å². The molecule has 0 saturated heterocycles. The highest BCUT2D eigenvalue weighted by atomic mass is 127. The van der Waals surface area contributed by atoms with Gasteiger partial charge in [0.05, 0.1) is 19.6 Å². The van der Waals surface area contributed by atoms with Crippen LogP contribution in [0.15, 0.2) is 38.0 Å². The molecule has 166 valence electrons. The zero-order valence-corrected chi connectivity index (χ0v) is 21.8. The Labute approximate surface area is 193 Å². The second-order valence-electron chi connectivity index (χ2n) is 7.20. The van der Waals surface area contributed by atoms with Crippen LogP contribution in [0.25, 0.3) is 0 Å². The summed E-state index contributed by atoms with van der Waals surface area (Å²) in [6, 6.07) is 0. The van der Waals surface area contributed by atoms with E-state index in [4.69, 9.17) is 13.3 Å². The van der Waals surface area contributed by atoms with Crippen LogP contribution in [0.5, 0.6) is 0 Å². The number of rotatable bonds is 20. The Kier molecular flexibility index (Phi) is 20.5. The van der Waals surface area contributed by atoms with Crippen LogP contribution >= 0.6 is 0 Å². The molecular formula is C22H44INO3Si. The molecule has 0 spiro atoms. The molecule has 0 aromatic heterocycles. The van der Waals surface area contributed by atoms with Gasteiger partial charge >= 0.3 is 8.80 Å². The summed E-state index contributed by atoms with van der Waals surface area (Å²) in [5.74, 6) is 0. The molecule has 0 N–H and O–H groups in total. The molecular weight excluding hydrogens is 481 g/mol. The highest BCUT2D eigenvalue weighted by molar-refractivity contribution is 6.60. The lowest BCUT2D eigenvalue weighted by Crippen LogP contribution is -3.00. The summed E-state index contributed by atoms with van der Waals surface area (Å²) in [5, 5.41) is 0. The first kappa shape index (κ1) is 30.2. The maximum Gasteiger partial charge on any atom is 0.559 e. The fourth-order valence-electron chi connectivity index (χ4n) is 3.03. The van der Waals surface area contributed by atoms with Gasteiger partial charge in [0.1, 0.15) is 6.17 Å². The fraction of sp³-hybridized carbons (Fsp3) is 0.727. The Morgan fingerprint density at radius 3 is 1.25 bits per heavy atom. The van der Waals surface area contributed by atoms with Gasteiger partial charge in [0.25, 0.3) is 0 Å². The van der Waals surface area contributed by atoms with Crippen LogP contribution in [0.3, 0.4) is 0 Å². The predicted octanol–water partition coefficient (Wildman–Crippen LogP) is 2.29. The van der Waals surface area contributed by atoms with Crippen molar-refractivity contribution in [1.29, 1.82) is 0 Å². The summed E-state index contributed by atoms with van der Waals surface area (Å²) in [6.45, 7) is 23.0. The Bertz CT molecular complexity index is 354. The lowest BCUT2D eigenvalue weighted by Gasteiger charge is -2.41. The average Bonchev–Trinajstić information content (AvgIpc) is 2.63. The largest absolute Gasteiger partial charge is 1.00 e. The molecule has 0 aromatic carbocycles. The van der Waals surface area contributed by atoms with Gasteiger partial charge in [0.2, 0.25) is 0 Å². The van der Waals surface area contributed by atoms with Crippen LogP contribution in [0, 0.1) is 0 Å². The van der Waals surface area contributed by atoms with Crippen molar-refractivity contribution in [1.82, 2.24) is 0 Å². The van der Waals surface area contributed by atoms with E-state index in [0.717, 1.165) is 68.8 Å². The molecule has 0 bridgehead atoms. The molecule has 28 heavy (non-hydrogen) atoms. The Morgan fingerprint density at radius 2 is 1.00 bits per heavy atom. The summed E-state index contributed by atoms with van der Waals surface area (Å²) in [4.78, 5) is 0. The van der Waals surface area contributed by atoms with Crippen LogP contribution in [-0.4, -0.2) is 58.9 Å². The predicted molar refractivity (Wildman–Crippen MR) is 119 cm³/mol. The molecule has 0 aliphatic heterocycles. The minimum absolute atomic E-state index is 0. The normalized spacial score (nSPS) is 11.7. The quantitative estimate of drug-likeness (QED) is 0.0803. The van der Waals surface area contributed by atoms with E-state index in [1.54, 1.807) is 0 Å². The third-order valence-electron chi connectivity index (χ3n) is 4.54. The zero-order chi connectivity index (χ0) is 20.4. The van der Waals surface area contributed by atoms with Gasteiger partial charge in [-0.2, -0.15) is 0 Å². The standard InChI is InChI=1S/C22H44NO3Si.HI/c1-7-13-19-24-27(25-20-14-8-2,26-21-15-9-3)22-23(16-10-4,17-11-5)18-12-6;/h10-12H,4-9,13-22H2,1-3H3;1H/q+1;/p-1. The number of hydrogen-bond acceptors (Lipinski definition) is 3. The molecule has 0 fully saturated rings. The molecule has 0 radical (unpaired) electrons. The fourth-order valence-corrected chi connectivity index (χ4v) is 6.13. The van der Waals surface area contributed by atoms with Crippen molar-refractivity contribution in [3.63, 3.8) is 0 Å². The number of nitrogens with zero attached hydrogens (tertiary/aromatic N) is 1. The van der Waals surface area contributed by atoms with E-state index in [2.05, 4.69) is 40.5 Å². The molecule has 6 heteroatoms. The van der Waals surface area contributed by atoms with Crippen molar-refractivity contribution in [2.75, 3.05) is 45.6 Å². The monoisotopic (exact) mass is 525 g/mol. The van der Waals surface area contributed by atoms with Crippen LogP contribution in [0.2, 0.25) is 0 Å². The van der Waals surface area contributed by atoms with Gasteiger partial charge in [-0.15, -0.1) is 0 Å². The van der Waals surface area contributed by atoms with Crippen LogP contribution in [-0.2, 0) is 13.3 Å². The first-order valence-electron chi connectivity index (χ1n) is 10.7. The molecule has 0 heterocycles. The molecule has 0 aliphatic rings. The van der Waals surface area contributed by atoms with Crippen LogP contribution in [0.1, 0.15) is 59.3 Å². The third-order valence-corrected chi connectivity index (χ3v) is 7.53. The van der Waals surface area contributed by atoms with E-state index in [1.165, 1.54) is 0 Å². The molecule has 0 saturated carbocycles. The number of halogens is 1. The number of unbranched alkanes of at least 4 members (excludes halogenated alkanes) is 3. The molecule has 0 rings (SSSR count). The molecule has 0 aliphatic carbocycles. The summed E-state index contributed by atoms with van der Waals surface area (Å²) in [5.41, 5.74) is 0. The highest BCUT2D eigenvalue weighted by Gasteiger charge is 2.50. The topological polar surface area (TPSA) is 27.7 Å². The molecule has 4 nitrogen and oxygen atoms in total. The van der Waals surface area contributed by atoms with Crippen LogP contribution < -0.4 is 24.0 Å². The van der Waals surface area contributed by atoms with Crippen molar-refractivity contribution >= 4 is 8.80 Å². The number of hydrogen-bond donors (Lipinski definition) is 0. The molecule has 0 aromatic rings. The second-order valence-corrected chi connectivity index (χ2v) is 9.75. The maximum atomic E-state index is 6.43. The van der Waals surface area contributed by atoms with Crippen LogP contribution in [0.4, 0.5) is 0 Å². The van der Waals surface area contributed by atoms with E-state index in [0.29, 0.717) is 19.8 Å². The molecule has 0 unspecified atom stereocenters. The van der Waals surface area contributed by atoms with E-state index < -0.39 is 8.80 Å². The Morgan fingerprint density at radius 1 is 0.679 bits per heavy atom. The maximum absolute atomic E-state index is 6.43. The highest BCUT2D eigenvalue weighted by Crippen LogP contribution is 2.21. The average molecular weight is 526 g/mol. The van der Waals surface area contributed by atoms with E-state index in [9.17, 15) is 0 Å². The van der Waals surface area contributed by atoms with E-state index >= 15 is 0 Å². The lowest BCUT2D eigenvalue weighted by atomic mass is 10.3. The first-order valence-corrected chi connectivity index (χ1v) is 12.6. The summed E-state index contributed by atoms with van der Waals surface area (Å²) in [6.07, 6.45) is 13.0. The summed E-state index contributed by atoms with van der Waals surface area (Å²) in [7, 11) is -2.83. The van der Waals surface area contributed by atoms with Crippen molar-refractivity contribution in [3.8, 4) is 0 Å². The van der Waals surface area contributed by atoms with Gasteiger partial charge in [0, 0.05) is 19.8 Å². The van der Waals surface area contributed by atoms with Gasteiger partial charge in [-0.3, -0.25) is 0 Å². The zero-order valence-electron chi connectivity index (χ0n) is 18.6. The van der Waals surface area contributed by atoms with Crippen molar-refractivity contribution in [2.24, 2.45) is 0 Å². The first-order chi connectivity index (χ1) is 13.1. The molecule has 0 atom stereocenters. The summed E-state index contributed by atoms with van der Waals surface area (Å²) < 4.78 is 20.0. The van der Waals surface area contributed by atoms with Gasteiger partial charge < -0.3 is 41.7 Å². The second kappa shape index (κ2) is 19.0. The van der Waals surface area contributed by atoms with Crippen molar-refractivity contribution < 1.29 is 41.7 Å². The smallest absolute Gasteiger partial charge is 0.559 e. The SMILES string of the molecule is C=CC[N+](CC=C)(CC=C)C[Si](OCCCC)(OCCCC)OCCCC.[I-]. The Hall–Kier alpha value is 0.00688. The number of quaternary nitrogens is 1. The lowest BCUT2D eigenvalue weighted by molar-refractivity contribution is -0.904. The van der Waals surface area contributed by atoms with Gasteiger partial charge in [0.15, 0.2) is 0 Å². The van der Waals surface area contributed by atoms with Gasteiger partial charge in [-0.1, -0.05) is 59.8 Å². The van der Waals surface area contributed by atoms with E-state index in [1.807, 2.05) is 18.2 Å².